The van der Waals surface area contributed by atoms with Gasteiger partial charge >= 0.3 is 15.2 Å². The van der Waals surface area contributed by atoms with Gasteiger partial charge in [-0.05, 0) is 103 Å². The molecule has 99 heavy (non-hydrogen) atoms. The van der Waals surface area contributed by atoms with Crippen LogP contribution in [0.25, 0.3) is 11.2 Å². The molecule has 0 bridgehead atoms. The number of anilines is 1. The Morgan fingerprint density at radius 1 is 0.596 bits per heavy atom. The molecule has 1 aliphatic carbocycles. The molecule has 2 aromatic heterocycles. The highest BCUT2D eigenvalue weighted by atomic mass is 31.2. The van der Waals surface area contributed by atoms with Crippen molar-refractivity contribution in [2.45, 2.75) is 242 Å². The van der Waals surface area contributed by atoms with Crippen molar-refractivity contribution >= 4 is 73.0 Å². The van der Waals surface area contributed by atoms with Gasteiger partial charge in [0, 0.05) is 116 Å². The number of fused-ring (bicyclic) bond motifs is 1. The van der Waals surface area contributed by atoms with E-state index in [1.807, 2.05) is 0 Å². The van der Waals surface area contributed by atoms with Gasteiger partial charge in [-0.1, -0.05) is 44.9 Å². The second-order valence-corrected chi connectivity index (χ2v) is 30.0. The highest BCUT2D eigenvalue weighted by Crippen LogP contribution is 2.48. The lowest BCUT2D eigenvalue weighted by Crippen LogP contribution is -2.58. The first-order valence-corrected chi connectivity index (χ1v) is 39.4. The van der Waals surface area contributed by atoms with Crippen LogP contribution in [0.4, 0.5) is 5.82 Å². The Hall–Kier alpha value is -4.62. The first-order chi connectivity index (χ1) is 47.6. The number of hydrogen-bond acceptors (Lipinski definition) is 24. The lowest BCUT2D eigenvalue weighted by molar-refractivity contribution is -0.133. The van der Waals surface area contributed by atoms with Crippen LogP contribution >= 0.6 is 15.2 Å². The third-order valence-corrected chi connectivity index (χ3v) is 19.8. The van der Waals surface area contributed by atoms with Gasteiger partial charge in [0.05, 0.1) is 77.4 Å². The van der Waals surface area contributed by atoms with Crippen LogP contribution in [0.5, 0.6) is 0 Å². The summed E-state index contributed by atoms with van der Waals surface area (Å²) in [6.07, 6.45) is 17.1. The Kier molecular flexibility index (Phi) is 43.7. The number of aliphatic hydroxyl groups is 3. The summed E-state index contributed by atoms with van der Waals surface area (Å²) in [5.41, 5.74) is 11.2. The number of ketones is 4. The average molecular weight is 1450 g/mol. The molecule has 2 aromatic rings. The van der Waals surface area contributed by atoms with Gasteiger partial charge < -0.3 is 89.4 Å². The maximum atomic E-state index is 13.9. The SMILES string of the molecule is COCP(=O)(O)OC[C@H]1C[C@@H](n2cnc3c(N)ncnc32)C[C@@H]1OCP(=O)(O)OC[C@@H]1C[C@@H](O)CN1C(=O)CCCCCCCCC(=O)NC(COCCC(=O)CCCCN)(COCCC(=O)CCCCCCC(=O)CCCCO)COCCC(=O)NCCCCCC(=O)CCCCO. The molecule has 11 N–H and O–H groups in total. The zero-order valence-electron chi connectivity index (χ0n) is 58.5. The highest BCUT2D eigenvalue weighted by Gasteiger charge is 2.41. The minimum Gasteiger partial charge on any atom is -0.396 e. The van der Waals surface area contributed by atoms with Gasteiger partial charge in [-0.15, -0.1) is 0 Å². The third-order valence-electron chi connectivity index (χ3n) is 17.7. The Bertz CT molecular complexity index is 2730. The number of nitrogen functional groups attached to an aromatic ring is 1. The van der Waals surface area contributed by atoms with E-state index in [1.165, 1.54) is 18.3 Å². The monoisotopic (exact) mass is 1450 g/mol. The summed E-state index contributed by atoms with van der Waals surface area (Å²) in [5.74, 6) is -0.730. The lowest BCUT2D eigenvalue weighted by atomic mass is 10.0. The number of β-amino-alcohol motifs (C(OH)–C–C–N with tert-alkyl or cyclic N) is 1. The van der Waals surface area contributed by atoms with E-state index in [0.717, 1.165) is 44.9 Å². The van der Waals surface area contributed by atoms with E-state index < -0.39 is 57.6 Å². The van der Waals surface area contributed by atoms with Crippen molar-refractivity contribution in [3.8, 4) is 0 Å². The Labute approximate surface area is 583 Å². The van der Waals surface area contributed by atoms with Gasteiger partial charge in [0.15, 0.2) is 11.5 Å². The predicted octanol–water partition coefficient (Wildman–Crippen LogP) is 6.62. The zero-order chi connectivity index (χ0) is 72.2. The van der Waals surface area contributed by atoms with Gasteiger partial charge in [-0.25, -0.2) is 15.0 Å². The topological polar surface area (TPSA) is 442 Å². The first-order valence-electron chi connectivity index (χ1n) is 35.9. The Balaban J connectivity index is 1.27. The van der Waals surface area contributed by atoms with Crippen LogP contribution in [0.2, 0.25) is 0 Å². The van der Waals surface area contributed by atoms with Gasteiger partial charge in [0.25, 0.3) is 0 Å². The summed E-state index contributed by atoms with van der Waals surface area (Å²) in [4.78, 5) is 126. The number of hydrogen-bond donors (Lipinski definition) is 9. The molecule has 8 atom stereocenters. The number of carbonyl (C=O) groups excluding carboxylic acids is 7. The second-order valence-electron chi connectivity index (χ2n) is 26.4. The predicted molar refractivity (Wildman–Crippen MR) is 369 cm³/mol. The van der Waals surface area contributed by atoms with E-state index in [1.54, 1.807) is 10.9 Å². The summed E-state index contributed by atoms with van der Waals surface area (Å²) in [5, 5.41) is 34.6. The molecule has 1 aliphatic heterocycles. The fourth-order valence-electron chi connectivity index (χ4n) is 12.1. The van der Waals surface area contributed by atoms with Crippen molar-refractivity contribution in [3.63, 3.8) is 0 Å². The summed E-state index contributed by atoms with van der Waals surface area (Å²) in [6.45, 7) is 0.334. The Morgan fingerprint density at radius 2 is 1.10 bits per heavy atom. The minimum absolute atomic E-state index is 0.00507. The second kappa shape index (κ2) is 49.9. The van der Waals surface area contributed by atoms with Crippen molar-refractivity contribution in [1.29, 1.82) is 0 Å². The Morgan fingerprint density at radius 3 is 1.68 bits per heavy atom. The number of unbranched alkanes of at least 4 members (excludes halogenated alkanes) is 13. The molecule has 0 radical (unpaired) electrons. The molecule has 4 rings (SSSR count). The van der Waals surface area contributed by atoms with Gasteiger partial charge in [0.1, 0.15) is 53.2 Å². The van der Waals surface area contributed by atoms with Crippen LogP contribution in [0.3, 0.4) is 0 Å². The fourth-order valence-corrected chi connectivity index (χ4v) is 13.8. The van der Waals surface area contributed by atoms with Crippen LogP contribution in [0.15, 0.2) is 12.7 Å². The molecule has 3 amide bonds. The molecule has 0 aromatic carbocycles. The molecule has 566 valence electrons. The highest BCUT2D eigenvalue weighted by molar-refractivity contribution is 7.52. The van der Waals surface area contributed by atoms with Crippen LogP contribution in [-0.2, 0) is 75.4 Å². The maximum absolute atomic E-state index is 13.9. The standard InChI is InChI=1S/C67H117N9O21P2/c1-91-50-98(87,88)96-43-52-39-53(76-49-73-64-65(69)71-48-72-66(64)76)41-60(52)95-51-99(89,90)97-44-54-40-59(83)42-75(54)63(86)28-13-5-3-2-4-12-27-62(85)74-67(46-93-37-30-58(82)24-14-17-32-68,45-92-36-29-57(81)23-10-7-6-9-21-55(79)25-15-19-34-77)47-94-38-31-61(84)70-33-18-8-11-22-56(80)26-16-20-35-78/h48-49,52-54,59-60,77-78,83H,2-47,50-51,68H2,1H3,(H,70,84)(H,74,85)(H,87,88)(H,89,90)(H2,69,71,72)/t52-,53-,54+,59-,60+,67?/m1/s1. The van der Waals surface area contributed by atoms with Crippen molar-refractivity contribution in [2.75, 3.05) is 111 Å². The number of carbonyl (C=O) groups is 7. The summed E-state index contributed by atoms with van der Waals surface area (Å²) < 4.78 is 67.9. The molecule has 0 spiro atoms. The number of rotatable bonds is 62. The van der Waals surface area contributed by atoms with E-state index in [0.29, 0.717) is 153 Å². The van der Waals surface area contributed by atoms with Crippen molar-refractivity contribution in [2.24, 2.45) is 11.7 Å². The molecule has 32 heteroatoms. The van der Waals surface area contributed by atoms with Gasteiger partial charge in [-0.2, -0.15) is 0 Å². The number of ether oxygens (including phenoxy) is 5. The number of aliphatic hydroxyl groups excluding tert-OH is 3. The maximum Gasteiger partial charge on any atom is 0.353 e. The average Bonchev–Trinajstić information content (AvgIpc) is 1.64. The van der Waals surface area contributed by atoms with E-state index in [4.69, 9.17) is 54.4 Å². The van der Waals surface area contributed by atoms with E-state index in [-0.39, 0.29) is 164 Å². The molecular formula is C67H117N9O21P2. The molecule has 3 heterocycles. The number of imidazole rings is 1. The van der Waals surface area contributed by atoms with Crippen molar-refractivity contribution in [1.82, 2.24) is 35.1 Å². The van der Waals surface area contributed by atoms with Gasteiger partial charge in [0.2, 0.25) is 17.7 Å². The molecule has 2 fully saturated rings. The van der Waals surface area contributed by atoms with Crippen LogP contribution in [0, 0.1) is 5.92 Å². The number of likely N-dealkylation sites (tertiary alicyclic amines) is 1. The van der Waals surface area contributed by atoms with Crippen LogP contribution < -0.4 is 22.1 Å². The molecule has 1 saturated heterocycles. The number of Topliss-reactive ketones (excluding diaryl/α,β-unsaturated/α-hetero) is 4. The number of nitrogens with two attached hydrogens (primary N) is 2. The molecule has 30 nitrogen and oxygen atoms in total. The van der Waals surface area contributed by atoms with Crippen LogP contribution in [0.1, 0.15) is 218 Å². The van der Waals surface area contributed by atoms with Crippen LogP contribution in [-0.4, -0.2) is 220 Å². The number of nitrogens with zero attached hydrogens (tertiary/aromatic N) is 5. The number of aromatic nitrogens is 4. The van der Waals surface area contributed by atoms with Crippen molar-refractivity contribution < 1.29 is 101 Å². The summed E-state index contributed by atoms with van der Waals surface area (Å²) >= 11 is 0. The number of nitrogens with one attached hydrogen (secondary N) is 2. The summed E-state index contributed by atoms with van der Waals surface area (Å²) in [6, 6.07) is -0.988. The smallest absolute Gasteiger partial charge is 0.353 e. The lowest BCUT2D eigenvalue weighted by Gasteiger charge is -2.34. The normalized spacial score (nSPS) is 18.9. The first kappa shape index (κ1) is 86.8. The summed E-state index contributed by atoms with van der Waals surface area (Å²) in [7, 11) is -7.30. The molecule has 2 aliphatic rings. The number of methoxy groups -OCH3 is 1. The number of amides is 3. The molecule has 1 saturated carbocycles. The third kappa shape index (κ3) is 36.9. The fraction of sp³-hybridized carbons (Fsp3) is 0.821. The van der Waals surface area contributed by atoms with E-state index in [9.17, 15) is 57.6 Å². The molecular weight excluding hydrogens is 1330 g/mol. The molecule has 3 unspecified atom stereocenters. The minimum atomic E-state index is -4.46. The quantitative estimate of drug-likeness (QED) is 0.0248. The zero-order valence-corrected chi connectivity index (χ0v) is 60.3. The van der Waals surface area contributed by atoms with E-state index in [2.05, 4.69) is 25.6 Å². The van der Waals surface area contributed by atoms with Gasteiger partial charge in [-0.3, -0.25) is 42.7 Å². The van der Waals surface area contributed by atoms with E-state index >= 15 is 0 Å². The largest absolute Gasteiger partial charge is 0.396 e. The van der Waals surface area contributed by atoms with Crippen molar-refractivity contribution in [3.05, 3.63) is 12.7 Å².